The molecule has 2 N–H and O–H groups in total. The van der Waals surface area contributed by atoms with Crippen LogP contribution in [0.1, 0.15) is 17.2 Å². The van der Waals surface area contributed by atoms with Gasteiger partial charge in [-0.25, -0.2) is 4.98 Å². The molecule has 1 aromatic carbocycles. The van der Waals surface area contributed by atoms with Gasteiger partial charge in [0.25, 0.3) is 0 Å². The van der Waals surface area contributed by atoms with Gasteiger partial charge in [-0.05, 0) is 23.6 Å². The average Bonchev–Trinajstić information content (AvgIpc) is 2.40. The van der Waals surface area contributed by atoms with E-state index >= 15 is 0 Å². The quantitative estimate of drug-likeness (QED) is 0.873. The number of ether oxygens (including phenoxy) is 1. The number of aromatic nitrogens is 1. The SMILES string of the molecule is COc1cc(CC(N)c2ccccc2)ccn1. The molecule has 0 spiro atoms. The summed E-state index contributed by atoms with van der Waals surface area (Å²) >= 11 is 0. The monoisotopic (exact) mass is 228 g/mol. The van der Waals surface area contributed by atoms with Gasteiger partial charge in [0.15, 0.2) is 0 Å². The first-order valence-corrected chi connectivity index (χ1v) is 5.59. The van der Waals surface area contributed by atoms with Gasteiger partial charge in [-0.1, -0.05) is 30.3 Å². The van der Waals surface area contributed by atoms with Crippen molar-refractivity contribution in [3.05, 3.63) is 59.8 Å². The van der Waals surface area contributed by atoms with Gasteiger partial charge in [-0.3, -0.25) is 0 Å². The highest BCUT2D eigenvalue weighted by Gasteiger charge is 2.07. The van der Waals surface area contributed by atoms with Crippen molar-refractivity contribution in [1.29, 1.82) is 0 Å². The molecule has 88 valence electrons. The van der Waals surface area contributed by atoms with Crippen molar-refractivity contribution in [1.82, 2.24) is 4.98 Å². The molecule has 0 fully saturated rings. The summed E-state index contributed by atoms with van der Waals surface area (Å²) in [5.41, 5.74) is 8.43. The molecule has 1 heterocycles. The minimum absolute atomic E-state index is 0.00306. The highest BCUT2D eigenvalue weighted by Crippen LogP contribution is 2.17. The molecular weight excluding hydrogens is 212 g/mol. The lowest BCUT2D eigenvalue weighted by Crippen LogP contribution is -2.13. The lowest BCUT2D eigenvalue weighted by Gasteiger charge is -2.12. The largest absolute Gasteiger partial charge is 0.481 e. The Morgan fingerprint density at radius 3 is 2.71 bits per heavy atom. The third-order valence-corrected chi connectivity index (χ3v) is 2.69. The number of benzene rings is 1. The second-order valence-corrected chi connectivity index (χ2v) is 3.93. The zero-order valence-electron chi connectivity index (χ0n) is 9.84. The number of rotatable bonds is 4. The second-order valence-electron chi connectivity index (χ2n) is 3.93. The van der Waals surface area contributed by atoms with Crippen LogP contribution >= 0.6 is 0 Å². The van der Waals surface area contributed by atoms with Crippen LogP contribution in [-0.2, 0) is 6.42 Å². The first-order chi connectivity index (χ1) is 8.29. The van der Waals surface area contributed by atoms with Crippen LogP contribution in [0.5, 0.6) is 5.88 Å². The number of methoxy groups -OCH3 is 1. The fourth-order valence-electron chi connectivity index (χ4n) is 1.76. The van der Waals surface area contributed by atoms with Crippen molar-refractivity contribution in [2.75, 3.05) is 7.11 Å². The van der Waals surface area contributed by atoms with E-state index in [1.54, 1.807) is 13.3 Å². The summed E-state index contributed by atoms with van der Waals surface area (Å²) in [7, 11) is 1.61. The van der Waals surface area contributed by atoms with Gasteiger partial charge in [0.1, 0.15) is 0 Å². The average molecular weight is 228 g/mol. The molecule has 0 radical (unpaired) electrons. The first-order valence-electron chi connectivity index (χ1n) is 5.59. The van der Waals surface area contributed by atoms with Gasteiger partial charge >= 0.3 is 0 Å². The van der Waals surface area contributed by atoms with Crippen LogP contribution in [0.4, 0.5) is 0 Å². The molecule has 3 nitrogen and oxygen atoms in total. The smallest absolute Gasteiger partial charge is 0.213 e. The maximum Gasteiger partial charge on any atom is 0.213 e. The molecule has 0 aliphatic heterocycles. The summed E-state index contributed by atoms with van der Waals surface area (Å²) < 4.78 is 5.09. The van der Waals surface area contributed by atoms with E-state index in [0.717, 1.165) is 17.5 Å². The van der Waals surface area contributed by atoms with E-state index in [2.05, 4.69) is 4.98 Å². The molecule has 0 bridgehead atoms. The third-order valence-electron chi connectivity index (χ3n) is 2.69. The van der Waals surface area contributed by atoms with Crippen LogP contribution in [0, 0.1) is 0 Å². The van der Waals surface area contributed by atoms with Crippen molar-refractivity contribution in [3.8, 4) is 5.88 Å². The molecular formula is C14H16N2O. The number of pyridine rings is 1. The Balaban J connectivity index is 2.10. The highest BCUT2D eigenvalue weighted by molar-refractivity contribution is 5.25. The Hall–Kier alpha value is -1.87. The number of hydrogen-bond acceptors (Lipinski definition) is 3. The standard InChI is InChI=1S/C14H16N2O/c1-17-14-10-11(7-8-16-14)9-13(15)12-5-3-2-4-6-12/h2-8,10,13H,9,15H2,1H3. The summed E-state index contributed by atoms with van der Waals surface area (Å²) in [6.07, 6.45) is 2.52. The molecule has 0 saturated heterocycles. The van der Waals surface area contributed by atoms with Crippen LogP contribution < -0.4 is 10.5 Å². The van der Waals surface area contributed by atoms with E-state index in [9.17, 15) is 0 Å². The molecule has 0 amide bonds. The Morgan fingerprint density at radius 1 is 1.24 bits per heavy atom. The van der Waals surface area contributed by atoms with Gasteiger partial charge < -0.3 is 10.5 Å². The van der Waals surface area contributed by atoms with E-state index < -0.39 is 0 Å². The molecule has 1 aromatic heterocycles. The predicted molar refractivity (Wildman–Crippen MR) is 67.9 cm³/mol. The van der Waals surface area contributed by atoms with Crippen LogP contribution in [0.2, 0.25) is 0 Å². The molecule has 0 aliphatic rings. The lowest BCUT2D eigenvalue weighted by atomic mass is 10.0. The summed E-state index contributed by atoms with van der Waals surface area (Å²) in [5.74, 6) is 0.628. The zero-order chi connectivity index (χ0) is 12.1. The molecule has 0 saturated carbocycles. The van der Waals surface area contributed by atoms with Crippen molar-refractivity contribution in [2.24, 2.45) is 5.73 Å². The second kappa shape index (κ2) is 5.46. The van der Waals surface area contributed by atoms with E-state index in [1.807, 2.05) is 42.5 Å². The van der Waals surface area contributed by atoms with E-state index in [0.29, 0.717) is 5.88 Å². The Labute approximate surface area is 101 Å². The van der Waals surface area contributed by atoms with Crippen molar-refractivity contribution < 1.29 is 4.74 Å². The molecule has 17 heavy (non-hydrogen) atoms. The molecule has 1 unspecified atom stereocenters. The molecule has 0 aliphatic carbocycles. The van der Waals surface area contributed by atoms with Crippen LogP contribution in [0.25, 0.3) is 0 Å². The minimum atomic E-state index is 0.00306. The minimum Gasteiger partial charge on any atom is -0.481 e. The summed E-state index contributed by atoms with van der Waals surface area (Å²) in [6.45, 7) is 0. The maximum atomic E-state index is 6.16. The predicted octanol–water partition coefficient (Wildman–Crippen LogP) is 2.33. The summed E-state index contributed by atoms with van der Waals surface area (Å²) in [6, 6.07) is 14.0. The van der Waals surface area contributed by atoms with Crippen LogP contribution in [0.3, 0.4) is 0 Å². The molecule has 3 heteroatoms. The Morgan fingerprint density at radius 2 is 2.00 bits per heavy atom. The third kappa shape index (κ3) is 3.04. The normalized spacial score (nSPS) is 12.1. The van der Waals surface area contributed by atoms with E-state index in [-0.39, 0.29) is 6.04 Å². The van der Waals surface area contributed by atoms with Crippen molar-refractivity contribution in [2.45, 2.75) is 12.5 Å². The van der Waals surface area contributed by atoms with Gasteiger partial charge in [0.05, 0.1) is 7.11 Å². The summed E-state index contributed by atoms with van der Waals surface area (Å²) in [5, 5.41) is 0. The van der Waals surface area contributed by atoms with Gasteiger partial charge in [0, 0.05) is 18.3 Å². The molecule has 2 aromatic rings. The fraction of sp³-hybridized carbons (Fsp3) is 0.214. The van der Waals surface area contributed by atoms with Gasteiger partial charge in [-0.2, -0.15) is 0 Å². The number of nitrogens with two attached hydrogens (primary N) is 1. The molecule has 1 atom stereocenters. The van der Waals surface area contributed by atoms with Crippen LogP contribution in [-0.4, -0.2) is 12.1 Å². The maximum absolute atomic E-state index is 6.16. The van der Waals surface area contributed by atoms with Gasteiger partial charge in [-0.15, -0.1) is 0 Å². The lowest BCUT2D eigenvalue weighted by molar-refractivity contribution is 0.397. The first kappa shape index (κ1) is 11.6. The van der Waals surface area contributed by atoms with E-state index in [1.165, 1.54) is 0 Å². The van der Waals surface area contributed by atoms with E-state index in [4.69, 9.17) is 10.5 Å². The van der Waals surface area contributed by atoms with Crippen molar-refractivity contribution >= 4 is 0 Å². The number of hydrogen-bond donors (Lipinski definition) is 1. The van der Waals surface area contributed by atoms with Crippen LogP contribution in [0.15, 0.2) is 48.7 Å². The molecule has 2 rings (SSSR count). The van der Waals surface area contributed by atoms with Gasteiger partial charge in [0.2, 0.25) is 5.88 Å². The Kier molecular flexibility index (Phi) is 3.73. The highest BCUT2D eigenvalue weighted by atomic mass is 16.5. The Bertz CT molecular complexity index is 471. The number of nitrogens with zero attached hydrogens (tertiary/aromatic N) is 1. The fourth-order valence-corrected chi connectivity index (χ4v) is 1.76. The zero-order valence-corrected chi connectivity index (χ0v) is 9.84. The van der Waals surface area contributed by atoms with Crippen molar-refractivity contribution in [3.63, 3.8) is 0 Å². The summed E-state index contributed by atoms with van der Waals surface area (Å²) in [4.78, 5) is 4.07. The topological polar surface area (TPSA) is 48.1 Å².